The number of ether oxygens (including phenoxy) is 2. The quantitative estimate of drug-likeness (QED) is 0.145. The second kappa shape index (κ2) is 15.7. The zero-order valence-electron chi connectivity index (χ0n) is 24.2. The van der Waals surface area contributed by atoms with E-state index in [4.69, 9.17) is 9.47 Å². The van der Waals surface area contributed by atoms with Crippen LogP contribution in [0.15, 0.2) is 84.9 Å². The number of hydrogen-bond donors (Lipinski definition) is 2. The molecule has 1 amide bonds. The molecule has 1 heterocycles. The van der Waals surface area contributed by atoms with Crippen molar-refractivity contribution < 1.29 is 24.2 Å². The maximum atomic E-state index is 13.4. The SMILES string of the molecule is CCOCC(OCc1ccc(C(=O)NC(CCSC)C(=O)O)c(-c2ccccc2C)c1)c1ccc(-c2ccccc2)s1. The van der Waals surface area contributed by atoms with Crippen LogP contribution in [0.1, 0.15) is 45.8 Å². The van der Waals surface area contributed by atoms with Crippen molar-refractivity contribution in [1.82, 2.24) is 5.32 Å². The van der Waals surface area contributed by atoms with Crippen LogP contribution in [0, 0.1) is 6.92 Å². The van der Waals surface area contributed by atoms with Crippen molar-refractivity contribution in [1.29, 1.82) is 0 Å². The van der Waals surface area contributed by atoms with Gasteiger partial charge in [-0.05, 0) is 84.4 Å². The molecule has 0 aliphatic rings. The van der Waals surface area contributed by atoms with E-state index in [1.807, 2.05) is 74.7 Å². The number of nitrogens with one attached hydrogen (secondary N) is 1. The van der Waals surface area contributed by atoms with Gasteiger partial charge in [-0.2, -0.15) is 11.8 Å². The van der Waals surface area contributed by atoms with Gasteiger partial charge >= 0.3 is 5.97 Å². The zero-order chi connectivity index (χ0) is 29.9. The fourth-order valence-electron chi connectivity index (χ4n) is 4.62. The minimum atomic E-state index is -1.04. The fourth-order valence-corrected chi connectivity index (χ4v) is 6.14. The van der Waals surface area contributed by atoms with Gasteiger partial charge in [0.05, 0.1) is 13.2 Å². The summed E-state index contributed by atoms with van der Waals surface area (Å²) < 4.78 is 12.2. The molecule has 4 aromatic rings. The number of carboxylic acid groups (broad SMARTS) is 1. The Labute approximate surface area is 256 Å². The predicted molar refractivity (Wildman–Crippen MR) is 172 cm³/mol. The van der Waals surface area contributed by atoms with Crippen molar-refractivity contribution in [3.8, 4) is 21.6 Å². The summed E-state index contributed by atoms with van der Waals surface area (Å²) in [5.74, 6) is -0.808. The number of thiophene rings is 1. The lowest BCUT2D eigenvalue weighted by atomic mass is 9.93. The van der Waals surface area contributed by atoms with Gasteiger partial charge in [0.2, 0.25) is 0 Å². The Balaban J connectivity index is 1.59. The smallest absolute Gasteiger partial charge is 0.326 e. The molecule has 2 N–H and O–H groups in total. The molecular weight excluding hydrogens is 567 g/mol. The number of aryl methyl sites for hydroxylation is 1. The highest BCUT2D eigenvalue weighted by molar-refractivity contribution is 7.98. The topological polar surface area (TPSA) is 84.9 Å². The van der Waals surface area contributed by atoms with Gasteiger partial charge in [-0.25, -0.2) is 4.79 Å². The number of thioether (sulfide) groups is 1. The average Bonchev–Trinajstić information content (AvgIpc) is 3.50. The molecule has 0 spiro atoms. The van der Waals surface area contributed by atoms with Crippen LogP contribution in [-0.2, 0) is 20.9 Å². The molecule has 4 rings (SSSR count). The van der Waals surface area contributed by atoms with E-state index in [0.29, 0.717) is 37.6 Å². The first-order chi connectivity index (χ1) is 20.4. The molecule has 3 aromatic carbocycles. The summed E-state index contributed by atoms with van der Waals surface area (Å²) in [5, 5.41) is 12.4. The number of aliphatic carboxylic acids is 1. The van der Waals surface area contributed by atoms with Gasteiger partial charge in [-0.1, -0.05) is 60.7 Å². The Morgan fingerprint density at radius 3 is 2.45 bits per heavy atom. The minimum absolute atomic E-state index is 0.245. The highest BCUT2D eigenvalue weighted by Gasteiger charge is 2.23. The number of rotatable bonds is 15. The molecule has 8 heteroatoms. The van der Waals surface area contributed by atoms with Crippen molar-refractivity contribution in [3.05, 3.63) is 106 Å². The Morgan fingerprint density at radius 2 is 1.74 bits per heavy atom. The van der Waals surface area contributed by atoms with Crippen LogP contribution in [0.5, 0.6) is 0 Å². The molecule has 6 nitrogen and oxygen atoms in total. The number of hydrogen-bond acceptors (Lipinski definition) is 6. The van der Waals surface area contributed by atoms with E-state index < -0.39 is 17.9 Å². The normalized spacial score (nSPS) is 12.5. The van der Waals surface area contributed by atoms with Gasteiger partial charge in [-0.3, -0.25) is 4.79 Å². The molecule has 2 atom stereocenters. The summed E-state index contributed by atoms with van der Waals surface area (Å²) in [6, 6.07) is 27.0. The van der Waals surface area contributed by atoms with E-state index in [9.17, 15) is 14.7 Å². The van der Waals surface area contributed by atoms with Crippen molar-refractivity contribution >= 4 is 35.0 Å². The maximum absolute atomic E-state index is 13.4. The van der Waals surface area contributed by atoms with Crippen LogP contribution in [0.2, 0.25) is 0 Å². The molecule has 0 aliphatic heterocycles. The van der Waals surface area contributed by atoms with Crippen LogP contribution >= 0.6 is 23.1 Å². The van der Waals surface area contributed by atoms with Crippen molar-refractivity contribution in [2.24, 2.45) is 0 Å². The molecule has 0 aliphatic carbocycles. The maximum Gasteiger partial charge on any atom is 0.326 e. The Kier molecular flexibility index (Phi) is 11.8. The van der Waals surface area contributed by atoms with E-state index in [1.165, 1.54) is 10.4 Å². The van der Waals surface area contributed by atoms with Gasteiger partial charge in [0.25, 0.3) is 5.91 Å². The molecule has 0 radical (unpaired) electrons. The zero-order valence-corrected chi connectivity index (χ0v) is 25.8. The summed E-state index contributed by atoms with van der Waals surface area (Å²) in [6.45, 7) is 5.31. The van der Waals surface area contributed by atoms with Crippen LogP contribution in [-0.4, -0.2) is 48.2 Å². The summed E-state index contributed by atoms with van der Waals surface area (Å²) >= 11 is 3.24. The summed E-state index contributed by atoms with van der Waals surface area (Å²) in [4.78, 5) is 27.5. The molecule has 0 saturated heterocycles. The van der Waals surface area contributed by atoms with Crippen LogP contribution in [0.4, 0.5) is 0 Å². The molecule has 0 saturated carbocycles. The fraction of sp³-hybridized carbons (Fsp3) is 0.294. The van der Waals surface area contributed by atoms with E-state index in [1.54, 1.807) is 29.2 Å². The first-order valence-corrected chi connectivity index (χ1v) is 16.2. The number of carbonyl (C=O) groups excluding carboxylic acids is 1. The highest BCUT2D eigenvalue weighted by atomic mass is 32.2. The van der Waals surface area contributed by atoms with E-state index in [0.717, 1.165) is 27.1 Å². The van der Waals surface area contributed by atoms with Gasteiger partial charge in [-0.15, -0.1) is 11.3 Å². The minimum Gasteiger partial charge on any atom is -0.480 e. The van der Waals surface area contributed by atoms with Gasteiger partial charge in [0.1, 0.15) is 12.1 Å². The largest absolute Gasteiger partial charge is 0.480 e. The van der Waals surface area contributed by atoms with E-state index >= 15 is 0 Å². The van der Waals surface area contributed by atoms with Crippen molar-refractivity contribution in [3.63, 3.8) is 0 Å². The lowest BCUT2D eigenvalue weighted by Crippen LogP contribution is -2.41. The molecular formula is C34H37NO5S2. The Bertz CT molecular complexity index is 1470. The molecule has 2 unspecified atom stereocenters. The average molecular weight is 604 g/mol. The number of carboxylic acids is 1. The third-order valence-corrected chi connectivity index (χ3v) is 8.78. The first kappa shape index (κ1) is 31.5. The molecule has 1 aromatic heterocycles. The molecule has 220 valence electrons. The van der Waals surface area contributed by atoms with Crippen molar-refractivity contribution in [2.75, 3.05) is 25.2 Å². The number of benzene rings is 3. The number of amides is 1. The molecule has 42 heavy (non-hydrogen) atoms. The first-order valence-electron chi connectivity index (χ1n) is 14.0. The van der Waals surface area contributed by atoms with Gasteiger partial charge in [0, 0.05) is 21.9 Å². The summed E-state index contributed by atoms with van der Waals surface area (Å²) in [7, 11) is 0. The lowest BCUT2D eigenvalue weighted by Gasteiger charge is -2.19. The summed E-state index contributed by atoms with van der Waals surface area (Å²) in [6.07, 6.45) is 2.02. The van der Waals surface area contributed by atoms with Crippen molar-refractivity contribution in [2.45, 2.75) is 39.0 Å². The third-order valence-electron chi connectivity index (χ3n) is 6.90. The molecule has 0 bridgehead atoms. The summed E-state index contributed by atoms with van der Waals surface area (Å²) in [5.41, 5.74) is 5.17. The van der Waals surface area contributed by atoms with Gasteiger partial charge < -0.3 is 19.9 Å². The second-order valence-electron chi connectivity index (χ2n) is 9.87. The highest BCUT2D eigenvalue weighted by Crippen LogP contribution is 2.34. The lowest BCUT2D eigenvalue weighted by molar-refractivity contribution is -0.139. The van der Waals surface area contributed by atoms with Crippen LogP contribution in [0.25, 0.3) is 21.6 Å². The third kappa shape index (κ3) is 8.32. The standard InChI is InChI=1S/C34H37NO5S2/c1-4-39-22-30(32-17-16-31(42-32)25-11-6-5-7-12-25)40-21-24-14-15-27(28(20-24)26-13-9-8-10-23(26)2)33(36)35-29(34(37)38)18-19-41-3/h5-17,20,29-30H,4,18-19,21-22H2,1-3H3,(H,35,36)(H,37,38). The van der Waals surface area contributed by atoms with Gasteiger partial charge in [0.15, 0.2) is 0 Å². The molecule has 0 fully saturated rings. The Hall–Kier alpha value is -3.43. The monoisotopic (exact) mass is 603 g/mol. The van der Waals surface area contributed by atoms with E-state index in [2.05, 4.69) is 29.6 Å². The van der Waals surface area contributed by atoms with Crippen LogP contribution in [0.3, 0.4) is 0 Å². The number of carbonyl (C=O) groups is 2. The predicted octanol–water partition coefficient (Wildman–Crippen LogP) is 7.62. The van der Waals surface area contributed by atoms with E-state index in [-0.39, 0.29) is 6.10 Å². The second-order valence-corrected chi connectivity index (χ2v) is 12.0. The van der Waals surface area contributed by atoms with Crippen LogP contribution < -0.4 is 5.32 Å². The Morgan fingerprint density at radius 1 is 0.976 bits per heavy atom.